The zero-order valence-corrected chi connectivity index (χ0v) is 13.0. The van der Waals surface area contributed by atoms with Crippen molar-refractivity contribution in [2.24, 2.45) is 5.92 Å². The van der Waals surface area contributed by atoms with E-state index in [1.165, 1.54) is 77.4 Å². The Morgan fingerprint density at radius 2 is 1.79 bits per heavy atom. The maximum absolute atomic E-state index is 3.96. The second-order valence-electron chi connectivity index (χ2n) is 7.43. The Kier molecular flexibility index (Phi) is 3.92. The minimum Gasteiger partial charge on any atom is -0.308 e. The first kappa shape index (κ1) is 13.9. The molecule has 2 aliphatic carbocycles. The smallest absolute Gasteiger partial charge is 0.0334 e. The van der Waals surface area contributed by atoms with Gasteiger partial charge >= 0.3 is 0 Å². The molecule has 19 heavy (non-hydrogen) atoms. The minimum absolute atomic E-state index is 0.400. The Labute approximate surface area is 119 Å². The van der Waals surface area contributed by atoms with Crippen LogP contribution in [0.4, 0.5) is 0 Å². The van der Waals surface area contributed by atoms with E-state index in [2.05, 4.69) is 24.1 Å². The predicted octanol–water partition coefficient (Wildman–Crippen LogP) is 3.56. The largest absolute Gasteiger partial charge is 0.308 e. The van der Waals surface area contributed by atoms with Crippen LogP contribution in [-0.4, -0.2) is 35.6 Å². The Bertz CT molecular complexity index is 298. The standard InChI is InChI=1S/C17H32N2/c1-3-16(4-2)14-19(12-9-15-7-8-15)17(13-18-16)10-5-6-11-17/h15,18H,3-14H2,1-2H3. The average molecular weight is 264 g/mol. The zero-order chi connectivity index (χ0) is 13.3. The van der Waals surface area contributed by atoms with E-state index in [1.54, 1.807) is 0 Å². The van der Waals surface area contributed by atoms with Crippen molar-refractivity contribution in [2.75, 3.05) is 19.6 Å². The van der Waals surface area contributed by atoms with E-state index in [0.717, 1.165) is 5.92 Å². The summed E-state index contributed by atoms with van der Waals surface area (Å²) in [5.74, 6) is 1.07. The van der Waals surface area contributed by atoms with Crippen LogP contribution in [-0.2, 0) is 0 Å². The molecule has 110 valence electrons. The lowest BCUT2D eigenvalue weighted by Crippen LogP contribution is -2.69. The van der Waals surface area contributed by atoms with E-state index in [4.69, 9.17) is 0 Å². The third-order valence-corrected chi connectivity index (χ3v) is 6.35. The Morgan fingerprint density at radius 3 is 2.37 bits per heavy atom. The van der Waals surface area contributed by atoms with Crippen LogP contribution < -0.4 is 5.32 Å². The van der Waals surface area contributed by atoms with Gasteiger partial charge in [-0.15, -0.1) is 0 Å². The molecule has 3 rings (SSSR count). The van der Waals surface area contributed by atoms with Crippen molar-refractivity contribution in [1.29, 1.82) is 0 Å². The normalized spacial score (nSPS) is 30.0. The predicted molar refractivity (Wildman–Crippen MR) is 81.4 cm³/mol. The van der Waals surface area contributed by atoms with E-state index in [1.807, 2.05) is 0 Å². The highest BCUT2D eigenvalue weighted by molar-refractivity contribution is 5.06. The SMILES string of the molecule is CCC1(CC)CN(CCC2CC2)C2(CCCC2)CN1. The molecular weight excluding hydrogens is 232 g/mol. The summed E-state index contributed by atoms with van der Waals surface area (Å²) in [7, 11) is 0. The number of piperazine rings is 1. The summed E-state index contributed by atoms with van der Waals surface area (Å²) in [5, 5.41) is 3.96. The monoisotopic (exact) mass is 264 g/mol. The summed E-state index contributed by atoms with van der Waals surface area (Å²) in [6.45, 7) is 8.64. The lowest BCUT2D eigenvalue weighted by Gasteiger charge is -2.53. The molecule has 2 heteroatoms. The number of nitrogens with zero attached hydrogens (tertiary/aromatic N) is 1. The first-order chi connectivity index (χ1) is 9.22. The maximum Gasteiger partial charge on any atom is 0.0334 e. The highest BCUT2D eigenvalue weighted by atomic mass is 15.3. The number of nitrogens with one attached hydrogen (secondary N) is 1. The van der Waals surface area contributed by atoms with Crippen LogP contribution in [0.25, 0.3) is 0 Å². The van der Waals surface area contributed by atoms with E-state index in [-0.39, 0.29) is 0 Å². The van der Waals surface area contributed by atoms with Gasteiger partial charge in [-0.3, -0.25) is 4.90 Å². The molecule has 0 radical (unpaired) electrons. The van der Waals surface area contributed by atoms with Gasteiger partial charge in [0.1, 0.15) is 0 Å². The molecule has 1 aliphatic heterocycles. The van der Waals surface area contributed by atoms with Gasteiger partial charge in [-0.25, -0.2) is 0 Å². The molecule has 1 spiro atoms. The van der Waals surface area contributed by atoms with E-state index in [9.17, 15) is 0 Å². The lowest BCUT2D eigenvalue weighted by molar-refractivity contribution is 0.00259. The van der Waals surface area contributed by atoms with Gasteiger partial charge in [-0.2, -0.15) is 0 Å². The van der Waals surface area contributed by atoms with Gasteiger partial charge < -0.3 is 5.32 Å². The molecule has 0 atom stereocenters. The van der Waals surface area contributed by atoms with E-state index in [0.29, 0.717) is 11.1 Å². The number of rotatable bonds is 5. The van der Waals surface area contributed by atoms with Crippen molar-refractivity contribution in [2.45, 2.75) is 82.7 Å². The van der Waals surface area contributed by atoms with Crippen molar-refractivity contribution in [3.05, 3.63) is 0 Å². The van der Waals surface area contributed by atoms with Gasteiger partial charge in [0, 0.05) is 24.2 Å². The lowest BCUT2D eigenvalue weighted by atomic mass is 9.82. The third-order valence-electron chi connectivity index (χ3n) is 6.35. The Morgan fingerprint density at radius 1 is 1.11 bits per heavy atom. The highest BCUT2D eigenvalue weighted by Gasteiger charge is 2.47. The zero-order valence-electron chi connectivity index (χ0n) is 13.0. The van der Waals surface area contributed by atoms with Crippen LogP contribution in [0, 0.1) is 5.92 Å². The summed E-state index contributed by atoms with van der Waals surface area (Å²) in [5.41, 5.74) is 0.931. The molecule has 1 saturated heterocycles. The second-order valence-corrected chi connectivity index (χ2v) is 7.43. The molecule has 0 unspecified atom stereocenters. The minimum atomic E-state index is 0.400. The summed E-state index contributed by atoms with van der Waals surface area (Å²) in [4.78, 5) is 2.92. The van der Waals surface area contributed by atoms with Crippen molar-refractivity contribution in [1.82, 2.24) is 10.2 Å². The summed E-state index contributed by atoms with van der Waals surface area (Å²) in [6.07, 6.45) is 12.8. The van der Waals surface area contributed by atoms with E-state index >= 15 is 0 Å². The molecule has 0 aromatic carbocycles. The van der Waals surface area contributed by atoms with Crippen molar-refractivity contribution in [3.63, 3.8) is 0 Å². The van der Waals surface area contributed by atoms with Crippen LogP contribution in [0.1, 0.15) is 71.6 Å². The first-order valence-electron chi connectivity index (χ1n) is 8.72. The topological polar surface area (TPSA) is 15.3 Å². The maximum atomic E-state index is 3.96. The first-order valence-corrected chi connectivity index (χ1v) is 8.72. The molecule has 3 aliphatic rings. The third kappa shape index (κ3) is 2.71. The Balaban J connectivity index is 1.70. The van der Waals surface area contributed by atoms with Crippen molar-refractivity contribution in [3.8, 4) is 0 Å². The van der Waals surface area contributed by atoms with Gasteiger partial charge in [-0.05, 0) is 44.6 Å². The van der Waals surface area contributed by atoms with Crippen molar-refractivity contribution >= 4 is 0 Å². The van der Waals surface area contributed by atoms with Crippen molar-refractivity contribution < 1.29 is 0 Å². The van der Waals surface area contributed by atoms with Gasteiger partial charge in [0.25, 0.3) is 0 Å². The van der Waals surface area contributed by atoms with Crippen LogP contribution >= 0.6 is 0 Å². The molecule has 2 nitrogen and oxygen atoms in total. The summed E-state index contributed by atoms with van der Waals surface area (Å²) >= 11 is 0. The molecule has 0 aromatic rings. The molecule has 3 fully saturated rings. The molecular formula is C17H32N2. The quantitative estimate of drug-likeness (QED) is 0.817. The van der Waals surface area contributed by atoms with Gasteiger partial charge in [0.2, 0.25) is 0 Å². The van der Waals surface area contributed by atoms with Crippen LogP contribution in [0.15, 0.2) is 0 Å². The molecule has 0 bridgehead atoms. The van der Waals surface area contributed by atoms with Crippen LogP contribution in [0.5, 0.6) is 0 Å². The molecule has 0 aromatic heterocycles. The molecule has 2 saturated carbocycles. The summed E-state index contributed by atoms with van der Waals surface area (Å²) in [6, 6.07) is 0. The Hall–Kier alpha value is -0.0800. The van der Waals surface area contributed by atoms with Gasteiger partial charge in [0.05, 0.1) is 0 Å². The average Bonchev–Trinajstić information content (AvgIpc) is 3.17. The molecule has 1 N–H and O–H groups in total. The number of hydrogen-bond acceptors (Lipinski definition) is 2. The van der Waals surface area contributed by atoms with Gasteiger partial charge in [-0.1, -0.05) is 39.5 Å². The molecule has 1 heterocycles. The fourth-order valence-electron chi connectivity index (χ4n) is 4.36. The highest BCUT2D eigenvalue weighted by Crippen LogP contribution is 2.41. The van der Waals surface area contributed by atoms with Gasteiger partial charge in [0.15, 0.2) is 0 Å². The van der Waals surface area contributed by atoms with Crippen LogP contribution in [0.3, 0.4) is 0 Å². The van der Waals surface area contributed by atoms with Crippen LogP contribution in [0.2, 0.25) is 0 Å². The second kappa shape index (κ2) is 5.37. The fraction of sp³-hybridized carbons (Fsp3) is 1.00. The van der Waals surface area contributed by atoms with E-state index < -0.39 is 0 Å². The fourth-order valence-corrected chi connectivity index (χ4v) is 4.36. The number of hydrogen-bond donors (Lipinski definition) is 1. The molecule has 0 amide bonds. The summed E-state index contributed by atoms with van der Waals surface area (Å²) < 4.78 is 0.